The first-order chi connectivity index (χ1) is 9.86. The van der Waals surface area contributed by atoms with Crippen molar-refractivity contribution in [1.29, 1.82) is 0 Å². The number of hydrogen-bond acceptors (Lipinski definition) is 7. The molecule has 0 bridgehead atoms. The lowest BCUT2D eigenvalue weighted by Crippen LogP contribution is -2.47. The van der Waals surface area contributed by atoms with Gasteiger partial charge in [0.05, 0.1) is 12.4 Å². The Bertz CT molecular complexity index is 565. The predicted octanol–water partition coefficient (Wildman–Crippen LogP) is 1.60. The first-order valence-corrected chi connectivity index (χ1v) is 6.42. The topological polar surface area (TPSA) is 74.6 Å². The number of aromatic nitrogens is 3. The van der Waals surface area contributed by atoms with Crippen LogP contribution in [-0.2, 0) is 0 Å². The Balaban J connectivity index is 1.64. The fourth-order valence-electron chi connectivity index (χ4n) is 2.24. The molecule has 0 aliphatic carbocycles. The standard InChI is InChI=1S/C13H14N6O/c20-17-11-9-15-13(16-10-11)19-7-5-18(6-8-19)12-1-3-14-4-2-12/h1-4,9-10H,5-8H2. The molecule has 2 aromatic rings. The van der Waals surface area contributed by atoms with Gasteiger partial charge in [0.15, 0.2) is 0 Å². The van der Waals surface area contributed by atoms with Gasteiger partial charge >= 0.3 is 0 Å². The summed E-state index contributed by atoms with van der Waals surface area (Å²) in [6.07, 6.45) is 6.50. The van der Waals surface area contributed by atoms with Crippen LogP contribution >= 0.6 is 0 Å². The van der Waals surface area contributed by atoms with E-state index in [1.165, 1.54) is 18.1 Å². The summed E-state index contributed by atoms with van der Waals surface area (Å²) in [5.74, 6) is 0.645. The van der Waals surface area contributed by atoms with Crippen LogP contribution in [0.3, 0.4) is 0 Å². The van der Waals surface area contributed by atoms with Gasteiger partial charge in [-0.25, -0.2) is 9.97 Å². The molecule has 0 aromatic carbocycles. The summed E-state index contributed by atoms with van der Waals surface area (Å²) >= 11 is 0. The lowest BCUT2D eigenvalue weighted by molar-refractivity contribution is 0.640. The van der Waals surface area contributed by atoms with Crippen LogP contribution in [0.5, 0.6) is 0 Å². The minimum Gasteiger partial charge on any atom is -0.368 e. The molecule has 0 unspecified atom stereocenters. The average Bonchev–Trinajstić information content (AvgIpc) is 2.56. The molecule has 0 radical (unpaired) electrons. The number of pyridine rings is 1. The van der Waals surface area contributed by atoms with Crippen molar-refractivity contribution in [3.63, 3.8) is 0 Å². The molecular formula is C13H14N6O. The number of hydrogen-bond donors (Lipinski definition) is 0. The summed E-state index contributed by atoms with van der Waals surface area (Å²) < 4.78 is 0. The third kappa shape index (κ3) is 2.56. The van der Waals surface area contributed by atoms with Gasteiger partial charge in [0.25, 0.3) is 0 Å². The van der Waals surface area contributed by atoms with E-state index in [0.717, 1.165) is 26.2 Å². The monoisotopic (exact) mass is 270 g/mol. The molecule has 2 aromatic heterocycles. The van der Waals surface area contributed by atoms with Crippen LogP contribution < -0.4 is 9.80 Å². The molecule has 0 amide bonds. The lowest BCUT2D eigenvalue weighted by atomic mass is 10.3. The summed E-state index contributed by atoms with van der Waals surface area (Å²) in [6.45, 7) is 3.49. The molecule has 102 valence electrons. The van der Waals surface area contributed by atoms with Gasteiger partial charge < -0.3 is 9.80 Å². The van der Waals surface area contributed by atoms with Crippen LogP contribution in [0, 0.1) is 4.91 Å². The van der Waals surface area contributed by atoms with Gasteiger partial charge in [0, 0.05) is 44.3 Å². The fraction of sp³-hybridized carbons (Fsp3) is 0.308. The maximum absolute atomic E-state index is 10.3. The Morgan fingerprint density at radius 3 is 2.15 bits per heavy atom. The van der Waals surface area contributed by atoms with E-state index in [2.05, 4.69) is 29.9 Å². The molecule has 0 saturated carbocycles. The maximum Gasteiger partial charge on any atom is 0.225 e. The number of nitroso groups, excluding NO2 is 1. The second kappa shape index (κ2) is 5.60. The molecular weight excluding hydrogens is 256 g/mol. The predicted molar refractivity (Wildman–Crippen MR) is 76.2 cm³/mol. The first kappa shape index (κ1) is 12.5. The zero-order chi connectivity index (χ0) is 13.8. The zero-order valence-corrected chi connectivity index (χ0v) is 10.9. The van der Waals surface area contributed by atoms with Crippen molar-refractivity contribution in [2.45, 2.75) is 0 Å². The molecule has 0 N–H and O–H groups in total. The normalized spacial score (nSPS) is 15.2. The van der Waals surface area contributed by atoms with Crippen molar-refractivity contribution in [3.8, 4) is 0 Å². The summed E-state index contributed by atoms with van der Waals surface area (Å²) in [6, 6.07) is 4.02. The van der Waals surface area contributed by atoms with Crippen LogP contribution in [-0.4, -0.2) is 41.1 Å². The minimum atomic E-state index is 0.254. The smallest absolute Gasteiger partial charge is 0.225 e. The Labute approximate surface area is 116 Å². The molecule has 3 rings (SSSR count). The maximum atomic E-state index is 10.3. The second-order valence-corrected chi connectivity index (χ2v) is 4.51. The Hall–Kier alpha value is -2.57. The highest BCUT2D eigenvalue weighted by atomic mass is 16.3. The van der Waals surface area contributed by atoms with Crippen LogP contribution in [0.25, 0.3) is 0 Å². The molecule has 1 aliphatic rings. The first-order valence-electron chi connectivity index (χ1n) is 6.42. The van der Waals surface area contributed by atoms with Crippen LogP contribution in [0.15, 0.2) is 42.1 Å². The van der Waals surface area contributed by atoms with Crippen LogP contribution in [0.2, 0.25) is 0 Å². The zero-order valence-electron chi connectivity index (χ0n) is 10.9. The third-order valence-corrected chi connectivity index (χ3v) is 3.32. The molecule has 3 heterocycles. The number of piperazine rings is 1. The summed E-state index contributed by atoms with van der Waals surface area (Å²) in [4.78, 5) is 27.1. The van der Waals surface area contributed by atoms with Crippen LogP contribution in [0.1, 0.15) is 0 Å². The van der Waals surface area contributed by atoms with Crippen molar-refractivity contribution in [2.75, 3.05) is 36.0 Å². The lowest BCUT2D eigenvalue weighted by Gasteiger charge is -2.35. The van der Waals surface area contributed by atoms with Crippen molar-refractivity contribution < 1.29 is 0 Å². The van der Waals surface area contributed by atoms with Gasteiger partial charge in [-0.1, -0.05) is 0 Å². The number of anilines is 2. The molecule has 1 aliphatic heterocycles. The molecule has 7 heteroatoms. The van der Waals surface area contributed by atoms with Crippen molar-refractivity contribution >= 4 is 17.3 Å². The fourth-order valence-corrected chi connectivity index (χ4v) is 2.24. The van der Waals surface area contributed by atoms with Crippen molar-refractivity contribution in [2.24, 2.45) is 5.18 Å². The van der Waals surface area contributed by atoms with E-state index >= 15 is 0 Å². The second-order valence-electron chi connectivity index (χ2n) is 4.51. The van der Waals surface area contributed by atoms with E-state index in [1.807, 2.05) is 12.1 Å². The Morgan fingerprint density at radius 2 is 1.55 bits per heavy atom. The molecule has 1 fully saturated rings. The van der Waals surface area contributed by atoms with E-state index < -0.39 is 0 Å². The van der Waals surface area contributed by atoms with Gasteiger partial charge in [-0.2, -0.15) is 0 Å². The largest absolute Gasteiger partial charge is 0.368 e. The Kier molecular flexibility index (Phi) is 3.49. The van der Waals surface area contributed by atoms with E-state index in [-0.39, 0.29) is 5.69 Å². The van der Waals surface area contributed by atoms with E-state index in [9.17, 15) is 4.91 Å². The molecule has 20 heavy (non-hydrogen) atoms. The minimum absolute atomic E-state index is 0.254. The van der Waals surface area contributed by atoms with Crippen molar-refractivity contribution in [1.82, 2.24) is 15.0 Å². The van der Waals surface area contributed by atoms with Crippen LogP contribution in [0.4, 0.5) is 17.3 Å². The quantitative estimate of drug-likeness (QED) is 0.788. The van der Waals surface area contributed by atoms with Gasteiger partial charge in [-0.3, -0.25) is 4.98 Å². The molecule has 0 atom stereocenters. The number of rotatable bonds is 3. The van der Waals surface area contributed by atoms with E-state index in [0.29, 0.717) is 5.95 Å². The SMILES string of the molecule is O=Nc1cnc(N2CCN(c3ccncc3)CC2)nc1. The average molecular weight is 270 g/mol. The summed E-state index contributed by atoms with van der Waals surface area (Å²) in [5.41, 5.74) is 1.44. The highest BCUT2D eigenvalue weighted by molar-refractivity contribution is 5.47. The van der Waals surface area contributed by atoms with Gasteiger partial charge in [0.2, 0.25) is 5.95 Å². The van der Waals surface area contributed by atoms with Gasteiger partial charge in [0.1, 0.15) is 5.69 Å². The number of nitrogens with zero attached hydrogens (tertiary/aromatic N) is 6. The Morgan fingerprint density at radius 1 is 0.950 bits per heavy atom. The van der Waals surface area contributed by atoms with E-state index in [1.54, 1.807) is 12.4 Å². The molecule has 0 spiro atoms. The highest BCUT2D eigenvalue weighted by Gasteiger charge is 2.19. The van der Waals surface area contributed by atoms with E-state index in [4.69, 9.17) is 0 Å². The highest BCUT2D eigenvalue weighted by Crippen LogP contribution is 2.18. The van der Waals surface area contributed by atoms with Gasteiger partial charge in [-0.15, -0.1) is 4.91 Å². The molecule has 7 nitrogen and oxygen atoms in total. The summed E-state index contributed by atoms with van der Waals surface area (Å²) in [5, 5.41) is 2.80. The van der Waals surface area contributed by atoms with Crippen molar-refractivity contribution in [3.05, 3.63) is 41.8 Å². The van der Waals surface area contributed by atoms with Gasteiger partial charge in [-0.05, 0) is 17.3 Å². The third-order valence-electron chi connectivity index (χ3n) is 3.32. The molecule has 1 saturated heterocycles. The summed E-state index contributed by atoms with van der Waals surface area (Å²) in [7, 11) is 0.